The van der Waals surface area contributed by atoms with Gasteiger partial charge in [0.25, 0.3) is 0 Å². The zero-order valence-electron chi connectivity index (χ0n) is 16.9. The average Bonchev–Trinajstić information content (AvgIpc) is 3.20. The predicted octanol–water partition coefficient (Wildman–Crippen LogP) is 3.17. The monoisotopic (exact) mass is 445 g/mol. The highest BCUT2D eigenvalue weighted by atomic mass is 32.2. The lowest BCUT2D eigenvalue weighted by Gasteiger charge is -2.08. The van der Waals surface area contributed by atoms with Crippen LogP contribution >= 0.6 is 0 Å². The third kappa shape index (κ3) is 6.63. The standard InChI is InChI=1S/C22H24FN3O4S/c23-18-5-3-17(4-6-18)22-15-19(16-30-13-2-1-12-29-14-11-27)25-26(22)20-7-9-21(10-8-20)31(24)28/h3-11,15H,1-2,12-14,16,24H2. The second kappa shape index (κ2) is 11.6. The Morgan fingerprint density at radius 3 is 2.35 bits per heavy atom. The van der Waals surface area contributed by atoms with E-state index in [1.54, 1.807) is 41.1 Å². The maximum atomic E-state index is 13.4. The summed E-state index contributed by atoms with van der Waals surface area (Å²) in [4.78, 5) is 10.7. The number of rotatable bonds is 12. The van der Waals surface area contributed by atoms with E-state index in [9.17, 15) is 13.4 Å². The molecule has 31 heavy (non-hydrogen) atoms. The number of nitrogens with two attached hydrogens (primary N) is 1. The largest absolute Gasteiger partial charge is 0.375 e. The molecule has 7 nitrogen and oxygen atoms in total. The Balaban J connectivity index is 1.72. The molecule has 164 valence electrons. The molecule has 0 radical (unpaired) electrons. The fourth-order valence-electron chi connectivity index (χ4n) is 2.96. The van der Waals surface area contributed by atoms with E-state index in [4.69, 9.17) is 14.6 Å². The number of hydrogen-bond acceptors (Lipinski definition) is 5. The second-order valence-corrected chi connectivity index (χ2v) is 7.80. The SMILES string of the molecule is NS(=O)c1ccc(-n2nc(COCCCCOCC=O)cc2-c2ccc(F)cc2)cc1. The number of ether oxygens (including phenoxy) is 2. The lowest BCUT2D eigenvalue weighted by molar-refractivity contribution is -0.111. The minimum absolute atomic E-state index is 0.118. The molecular weight excluding hydrogens is 421 g/mol. The first kappa shape index (κ1) is 23.0. The van der Waals surface area contributed by atoms with E-state index in [2.05, 4.69) is 5.10 Å². The van der Waals surface area contributed by atoms with Gasteiger partial charge in [0.15, 0.2) is 0 Å². The number of benzene rings is 2. The predicted molar refractivity (Wildman–Crippen MR) is 115 cm³/mol. The van der Waals surface area contributed by atoms with Gasteiger partial charge >= 0.3 is 0 Å². The van der Waals surface area contributed by atoms with Gasteiger partial charge in [-0.1, -0.05) is 0 Å². The van der Waals surface area contributed by atoms with Gasteiger partial charge in [-0.05, 0) is 67.4 Å². The summed E-state index contributed by atoms with van der Waals surface area (Å²) < 4.78 is 37.4. The Morgan fingerprint density at radius 1 is 1.03 bits per heavy atom. The molecule has 3 aromatic rings. The first-order valence-electron chi connectivity index (χ1n) is 9.79. The van der Waals surface area contributed by atoms with Crippen LogP contribution in [0.25, 0.3) is 16.9 Å². The molecule has 3 rings (SSSR count). The van der Waals surface area contributed by atoms with Crippen molar-refractivity contribution in [2.75, 3.05) is 19.8 Å². The summed E-state index contributed by atoms with van der Waals surface area (Å²) in [6.07, 6.45) is 2.34. The average molecular weight is 446 g/mol. The molecule has 1 aromatic heterocycles. The molecular formula is C22H24FN3O4S. The number of nitrogens with zero attached hydrogens (tertiary/aromatic N) is 2. The highest BCUT2D eigenvalue weighted by molar-refractivity contribution is 7.82. The maximum absolute atomic E-state index is 13.4. The van der Waals surface area contributed by atoms with Crippen molar-refractivity contribution >= 4 is 17.3 Å². The van der Waals surface area contributed by atoms with Crippen LogP contribution in [0.5, 0.6) is 0 Å². The molecule has 1 atom stereocenters. The lowest BCUT2D eigenvalue weighted by Crippen LogP contribution is -2.04. The van der Waals surface area contributed by atoms with Crippen LogP contribution in [-0.4, -0.2) is 40.1 Å². The van der Waals surface area contributed by atoms with Gasteiger partial charge in [0.1, 0.15) is 29.7 Å². The molecule has 0 bridgehead atoms. The van der Waals surface area contributed by atoms with Gasteiger partial charge in [0, 0.05) is 18.8 Å². The van der Waals surface area contributed by atoms with Gasteiger partial charge in [-0.15, -0.1) is 0 Å². The van der Waals surface area contributed by atoms with Crippen molar-refractivity contribution in [1.29, 1.82) is 0 Å². The van der Waals surface area contributed by atoms with E-state index in [0.717, 1.165) is 41.8 Å². The summed E-state index contributed by atoms with van der Waals surface area (Å²) in [7, 11) is -1.56. The van der Waals surface area contributed by atoms with Gasteiger partial charge in [-0.2, -0.15) is 5.10 Å². The third-order valence-electron chi connectivity index (χ3n) is 4.48. The van der Waals surface area contributed by atoms with E-state index in [-0.39, 0.29) is 12.4 Å². The highest BCUT2D eigenvalue weighted by Crippen LogP contribution is 2.25. The molecule has 2 N–H and O–H groups in total. The van der Waals surface area contributed by atoms with Crippen molar-refractivity contribution in [2.45, 2.75) is 24.3 Å². The molecule has 0 fully saturated rings. The normalized spacial score (nSPS) is 12.1. The topological polar surface area (TPSA) is 96.4 Å². The number of aromatic nitrogens is 2. The fraction of sp³-hybridized carbons (Fsp3) is 0.273. The lowest BCUT2D eigenvalue weighted by atomic mass is 10.1. The Labute approximate surface area is 182 Å². The zero-order chi connectivity index (χ0) is 22.1. The summed E-state index contributed by atoms with van der Waals surface area (Å²) >= 11 is 0. The summed E-state index contributed by atoms with van der Waals surface area (Å²) in [5, 5.41) is 10.1. The van der Waals surface area contributed by atoms with Gasteiger partial charge in [-0.3, -0.25) is 0 Å². The molecule has 0 spiro atoms. The van der Waals surface area contributed by atoms with Gasteiger partial charge < -0.3 is 14.3 Å². The zero-order valence-corrected chi connectivity index (χ0v) is 17.7. The molecule has 0 aliphatic carbocycles. The van der Waals surface area contributed by atoms with Crippen molar-refractivity contribution in [2.24, 2.45) is 5.14 Å². The molecule has 9 heteroatoms. The van der Waals surface area contributed by atoms with E-state index < -0.39 is 11.0 Å². The van der Waals surface area contributed by atoms with Crippen LogP contribution < -0.4 is 5.14 Å². The van der Waals surface area contributed by atoms with E-state index in [1.165, 1.54) is 12.1 Å². The molecule has 1 unspecified atom stereocenters. The van der Waals surface area contributed by atoms with E-state index >= 15 is 0 Å². The van der Waals surface area contributed by atoms with Gasteiger partial charge in [-0.25, -0.2) is 18.4 Å². The summed E-state index contributed by atoms with van der Waals surface area (Å²) in [6.45, 7) is 1.50. The minimum atomic E-state index is -1.56. The molecule has 0 saturated heterocycles. The number of carbonyl (C=O) groups is 1. The Hall–Kier alpha value is -2.72. The number of hydrogen-bond donors (Lipinski definition) is 1. The number of unbranched alkanes of at least 4 members (excludes halogenated alkanes) is 1. The van der Waals surface area contributed by atoms with Crippen molar-refractivity contribution in [3.8, 4) is 16.9 Å². The van der Waals surface area contributed by atoms with Crippen LogP contribution in [0.4, 0.5) is 4.39 Å². The molecule has 1 heterocycles. The number of aldehydes is 1. The van der Waals surface area contributed by atoms with Crippen molar-refractivity contribution in [3.63, 3.8) is 0 Å². The van der Waals surface area contributed by atoms with E-state index in [0.29, 0.717) is 24.7 Å². The molecule has 2 aromatic carbocycles. The molecule has 0 aliphatic rings. The van der Waals surface area contributed by atoms with Crippen LogP contribution in [0.1, 0.15) is 18.5 Å². The van der Waals surface area contributed by atoms with Crippen molar-refractivity contribution < 1.29 is 22.9 Å². The second-order valence-electron chi connectivity index (χ2n) is 6.73. The highest BCUT2D eigenvalue weighted by Gasteiger charge is 2.13. The molecule has 0 aliphatic heterocycles. The summed E-state index contributed by atoms with van der Waals surface area (Å²) in [5.74, 6) is -0.315. The molecule has 0 saturated carbocycles. The van der Waals surface area contributed by atoms with Crippen LogP contribution in [0.3, 0.4) is 0 Å². The van der Waals surface area contributed by atoms with Crippen LogP contribution in [-0.2, 0) is 31.9 Å². The number of carbonyl (C=O) groups excluding carboxylic acids is 1. The Kier molecular flexibility index (Phi) is 8.60. The first-order valence-corrected chi connectivity index (χ1v) is 11.0. The van der Waals surface area contributed by atoms with Crippen molar-refractivity contribution in [3.05, 3.63) is 66.1 Å². The summed E-state index contributed by atoms with van der Waals surface area (Å²) in [5.41, 5.74) is 3.07. The number of halogens is 1. The molecule has 0 amide bonds. The fourth-order valence-corrected chi connectivity index (χ4v) is 3.37. The van der Waals surface area contributed by atoms with Crippen molar-refractivity contribution in [1.82, 2.24) is 9.78 Å². The first-order chi connectivity index (χ1) is 15.1. The third-order valence-corrected chi connectivity index (χ3v) is 5.21. The quantitative estimate of drug-likeness (QED) is 0.341. The van der Waals surface area contributed by atoms with Crippen LogP contribution in [0.15, 0.2) is 59.5 Å². The minimum Gasteiger partial charge on any atom is -0.375 e. The van der Waals surface area contributed by atoms with Crippen LogP contribution in [0, 0.1) is 5.82 Å². The smallest absolute Gasteiger partial charge is 0.145 e. The Bertz CT molecular complexity index is 1010. The van der Waals surface area contributed by atoms with E-state index in [1.807, 2.05) is 6.07 Å². The van der Waals surface area contributed by atoms with Crippen LogP contribution in [0.2, 0.25) is 0 Å². The van der Waals surface area contributed by atoms with Gasteiger partial charge in [0.2, 0.25) is 0 Å². The van der Waals surface area contributed by atoms with Gasteiger partial charge in [0.05, 0.1) is 28.6 Å². The summed E-state index contributed by atoms with van der Waals surface area (Å²) in [6, 6.07) is 15.0. The Morgan fingerprint density at radius 2 is 1.71 bits per heavy atom. The maximum Gasteiger partial charge on any atom is 0.145 e.